The molecule has 0 spiro atoms. The zero-order chi connectivity index (χ0) is 23.9. The van der Waals surface area contributed by atoms with Gasteiger partial charge in [-0.15, -0.1) is 0 Å². The van der Waals surface area contributed by atoms with Gasteiger partial charge in [0.1, 0.15) is 11.6 Å². The molecule has 3 aliphatic heterocycles. The number of hydrogen-bond donors (Lipinski definition) is 1. The second-order valence-electron chi connectivity index (χ2n) is 9.49. The topological polar surface area (TPSA) is 113 Å². The van der Waals surface area contributed by atoms with E-state index < -0.39 is 35.3 Å². The molecule has 2 saturated heterocycles. The number of piperidine rings is 2. The summed E-state index contributed by atoms with van der Waals surface area (Å²) >= 11 is 0. The number of imide groups is 2. The highest BCUT2D eigenvalue weighted by Gasteiger charge is 2.45. The first kappa shape index (κ1) is 22.7. The third-order valence-corrected chi connectivity index (χ3v) is 5.92. The number of hydrogen-bond acceptors (Lipinski definition) is 6. The molecule has 3 heterocycles. The van der Waals surface area contributed by atoms with E-state index in [0.29, 0.717) is 31.5 Å². The number of likely N-dealkylation sites (tertiary alicyclic amines) is 1. The van der Waals surface area contributed by atoms with Crippen molar-refractivity contribution >= 4 is 35.8 Å². The summed E-state index contributed by atoms with van der Waals surface area (Å²) < 4.78 is 5.43. The molecule has 4 rings (SSSR count). The maximum Gasteiger partial charge on any atom is 0.410 e. The van der Waals surface area contributed by atoms with E-state index in [1.54, 1.807) is 23.1 Å². The van der Waals surface area contributed by atoms with Crippen molar-refractivity contribution in [3.8, 4) is 0 Å². The largest absolute Gasteiger partial charge is 0.444 e. The van der Waals surface area contributed by atoms with E-state index in [4.69, 9.17) is 4.74 Å². The number of amides is 5. The van der Waals surface area contributed by atoms with E-state index in [1.165, 1.54) is 0 Å². The number of benzene rings is 1. The summed E-state index contributed by atoms with van der Waals surface area (Å²) in [6, 6.07) is 4.06. The maximum absolute atomic E-state index is 13.2. The van der Waals surface area contributed by atoms with Crippen LogP contribution in [-0.4, -0.2) is 64.3 Å². The Morgan fingerprint density at radius 3 is 2.39 bits per heavy atom. The predicted molar refractivity (Wildman–Crippen MR) is 118 cm³/mol. The van der Waals surface area contributed by atoms with Crippen molar-refractivity contribution in [2.45, 2.75) is 58.1 Å². The molecular formula is C24H27N3O6. The molecule has 3 aliphatic rings. The van der Waals surface area contributed by atoms with Gasteiger partial charge in [0, 0.05) is 19.5 Å². The van der Waals surface area contributed by atoms with Gasteiger partial charge in [-0.05, 0) is 51.7 Å². The fourth-order valence-corrected chi connectivity index (χ4v) is 4.33. The van der Waals surface area contributed by atoms with Crippen LogP contribution in [0.5, 0.6) is 0 Å². The van der Waals surface area contributed by atoms with E-state index in [1.807, 2.05) is 26.8 Å². The molecule has 2 fully saturated rings. The first-order chi connectivity index (χ1) is 15.5. The molecule has 9 heteroatoms. The van der Waals surface area contributed by atoms with Gasteiger partial charge in [-0.3, -0.25) is 29.4 Å². The molecule has 33 heavy (non-hydrogen) atoms. The van der Waals surface area contributed by atoms with E-state index in [-0.39, 0.29) is 30.1 Å². The average Bonchev–Trinajstić information content (AvgIpc) is 2.99. The lowest BCUT2D eigenvalue weighted by molar-refractivity contribution is -0.136. The third-order valence-electron chi connectivity index (χ3n) is 5.92. The molecule has 1 unspecified atom stereocenters. The Morgan fingerprint density at radius 1 is 1.06 bits per heavy atom. The van der Waals surface area contributed by atoms with Gasteiger partial charge in [0.15, 0.2) is 0 Å². The van der Waals surface area contributed by atoms with Gasteiger partial charge in [-0.1, -0.05) is 23.8 Å². The van der Waals surface area contributed by atoms with E-state index >= 15 is 0 Å². The second kappa shape index (κ2) is 8.46. The molecule has 0 saturated carbocycles. The van der Waals surface area contributed by atoms with Crippen LogP contribution in [0.3, 0.4) is 0 Å². The third kappa shape index (κ3) is 4.53. The Labute approximate surface area is 191 Å². The number of nitrogens with zero attached hydrogens (tertiary/aromatic N) is 2. The van der Waals surface area contributed by atoms with Gasteiger partial charge in [0.05, 0.1) is 11.1 Å². The standard InChI is InChI=1S/C24H27N3O6/c1-24(2,3)33-23(32)26-11-9-14(10-12-26)13-15-5-4-6-16-19(15)22(31)27(21(16)30)17-7-8-18(28)25-20(17)29/h4-6,13,17H,7-12H2,1-3H3,(H,25,28,29). The van der Waals surface area contributed by atoms with Gasteiger partial charge in [-0.25, -0.2) is 4.79 Å². The molecule has 174 valence electrons. The fourth-order valence-electron chi connectivity index (χ4n) is 4.33. The number of carbonyl (C=O) groups excluding carboxylic acids is 5. The molecule has 0 bridgehead atoms. The molecule has 1 atom stereocenters. The first-order valence-electron chi connectivity index (χ1n) is 11.1. The smallest absolute Gasteiger partial charge is 0.410 e. The highest BCUT2D eigenvalue weighted by Crippen LogP contribution is 2.32. The van der Waals surface area contributed by atoms with Crippen molar-refractivity contribution < 1.29 is 28.7 Å². The van der Waals surface area contributed by atoms with Gasteiger partial charge >= 0.3 is 6.09 Å². The minimum Gasteiger partial charge on any atom is -0.444 e. The Hall–Kier alpha value is -3.49. The predicted octanol–water partition coefficient (Wildman–Crippen LogP) is 2.50. The second-order valence-corrected chi connectivity index (χ2v) is 9.49. The SMILES string of the molecule is CC(C)(C)OC(=O)N1CCC(=Cc2cccc3c2C(=O)N(C2CCC(=O)NC2=O)C3=O)CC1. The number of rotatable bonds is 2. The maximum atomic E-state index is 13.2. The number of fused-ring (bicyclic) bond motifs is 1. The Balaban J connectivity index is 1.52. The van der Waals surface area contributed by atoms with Crippen molar-refractivity contribution in [3.63, 3.8) is 0 Å². The highest BCUT2D eigenvalue weighted by molar-refractivity contribution is 6.24. The lowest BCUT2D eigenvalue weighted by atomic mass is 9.96. The molecule has 0 radical (unpaired) electrons. The van der Waals surface area contributed by atoms with Crippen LogP contribution in [0.2, 0.25) is 0 Å². The van der Waals surface area contributed by atoms with Crippen molar-refractivity contribution in [3.05, 3.63) is 40.5 Å². The molecule has 1 N–H and O–H groups in total. The summed E-state index contributed by atoms with van der Waals surface area (Å²) in [6.45, 7) is 6.49. The van der Waals surface area contributed by atoms with Gasteiger partial charge in [0.25, 0.3) is 11.8 Å². The molecular weight excluding hydrogens is 426 g/mol. The Bertz CT molecular complexity index is 1070. The van der Waals surface area contributed by atoms with Crippen LogP contribution in [0.1, 0.15) is 72.7 Å². The highest BCUT2D eigenvalue weighted by atomic mass is 16.6. The number of carbonyl (C=O) groups is 5. The van der Waals surface area contributed by atoms with Crippen molar-refractivity contribution in [2.24, 2.45) is 0 Å². The molecule has 5 amide bonds. The minimum atomic E-state index is -0.993. The van der Waals surface area contributed by atoms with Crippen LogP contribution in [0.15, 0.2) is 23.8 Å². The normalized spacial score (nSPS) is 21.2. The lowest BCUT2D eigenvalue weighted by Gasteiger charge is -2.31. The van der Waals surface area contributed by atoms with Crippen molar-refractivity contribution in [1.82, 2.24) is 15.1 Å². The monoisotopic (exact) mass is 453 g/mol. The molecule has 0 aromatic heterocycles. The van der Waals surface area contributed by atoms with Crippen LogP contribution in [-0.2, 0) is 14.3 Å². The van der Waals surface area contributed by atoms with Crippen LogP contribution in [0.25, 0.3) is 6.08 Å². The molecule has 0 aliphatic carbocycles. The van der Waals surface area contributed by atoms with Crippen LogP contribution >= 0.6 is 0 Å². The van der Waals surface area contributed by atoms with Crippen LogP contribution in [0.4, 0.5) is 4.79 Å². The van der Waals surface area contributed by atoms with E-state index in [9.17, 15) is 24.0 Å². The van der Waals surface area contributed by atoms with Gasteiger partial charge < -0.3 is 9.64 Å². The first-order valence-corrected chi connectivity index (χ1v) is 11.1. The minimum absolute atomic E-state index is 0.0782. The summed E-state index contributed by atoms with van der Waals surface area (Å²) in [6.07, 6.45) is 3.00. The van der Waals surface area contributed by atoms with E-state index in [0.717, 1.165) is 10.5 Å². The number of ether oxygens (including phenoxy) is 1. The van der Waals surface area contributed by atoms with Crippen molar-refractivity contribution in [1.29, 1.82) is 0 Å². The Kier molecular flexibility index (Phi) is 5.82. The van der Waals surface area contributed by atoms with Gasteiger partial charge in [0.2, 0.25) is 11.8 Å². The average molecular weight is 453 g/mol. The fraction of sp³-hybridized carbons (Fsp3) is 0.458. The zero-order valence-electron chi connectivity index (χ0n) is 19.0. The molecule has 1 aromatic carbocycles. The summed E-state index contributed by atoms with van der Waals surface area (Å²) in [5, 5.41) is 2.20. The summed E-state index contributed by atoms with van der Waals surface area (Å²) in [7, 11) is 0. The summed E-state index contributed by atoms with van der Waals surface area (Å²) in [5.74, 6) is -2.08. The van der Waals surface area contributed by atoms with Crippen molar-refractivity contribution in [2.75, 3.05) is 13.1 Å². The van der Waals surface area contributed by atoms with E-state index in [2.05, 4.69) is 5.32 Å². The lowest BCUT2D eigenvalue weighted by Crippen LogP contribution is -2.54. The zero-order valence-corrected chi connectivity index (χ0v) is 19.0. The molecule has 1 aromatic rings. The summed E-state index contributed by atoms with van der Waals surface area (Å²) in [5.41, 5.74) is 1.64. The van der Waals surface area contributed by atoms with Gasteiger partial charge in [-0.2, -0.15) is 0 Å². The summed E-state index contributed by atoms with van der Waals surface area (Å²) in [4.78, 5) is 64.8. The molecule has 9 nitrogen and oxygen atoms in total. The van der Waals surface area contributed by atoms with Crippen LogP contribution < -0.4 is 5.32 Å². The quantitative estimate of drug-likeness (QED) is 0.689. The number of nitrogens with one attached hydrogen (secondary N) is 1. The Morgan fingerprint density at radius 2 is 1.76 bits per heavy atom. The van der Waals surface area contributed by atoms with Crippen LogP contribution in [0, 0.1) is 0 Å².